The molecule has 0 atom stereocenters. The Bertz CT molecular complexity index is 1610. The number of hydrogen-bond acceptors (Lipinski definition) is 3. The second-order valence-electron chi connectivity index (χ2n) is 17.6. The van der Waals surface area contributed by atoms with Crippen LogP contribution in [0.4, 0.5) is 27.1 Å². The highest BCUT2D eigenvalue weighted by atomic mass is 19.1. The van der Waals surface area contributed by atoms with E-state index in [0.29, 0.717) is 12.0 Å². The smallest absolute Gasteiger partial charge is 0.222 e. The quantitative estimate of drug-likeness (QED) is 0.264. The van der Waals surface area contributed by atoms with Gasteiger partial charge in [-0.3, -0.25) is 0 Å². The van der Waals surface area contributed by atoms with Gasteiger partial charge in [0.2, 0.25) is 11.4 Å². The standard InChI is InChI=1S/C16H22N2.C16H26N2.C12H14FN/c1-16(2,3)12-13-7-8-15(14(11-13)17-4)18-9-5-6-10-18;1-16(2,3)11-13-6-7-15(14(10-13)12-17)18-8-4-5-9-18;1-12(2,3)8-9-5-6-10(13)11(7-9)14-4/h7-8,11H,5-6,9-10,12H2,1-3H3;6-7,10H,4-5,8-9,11-12,17H2,1-3H3;5-7H,8H2,1-3H3. The van der Waals surface area contributed by atoms with Crippen molar-refractivity contribution in [3.05, 3.63) is 106 Å². The van der Waals surface area contributed by atoms with Crippen LogP contribution in [0.3, 0.4) is 0 Å². The molecule has 2 saturated heterocycles. The van der Waals surface area contributed by atoms with Crippen molar-refractivity contribution >= 4 is 22.7 Å². The van der Waals surface area contributed by atoms with Crippen LogP contribution >= 0.6 is 0 Å². The van der Waals surface area contributed by atoms with Crippen LogP contribution in [0.1, 0.15) is 110 Å². The summed E-state index contributed by atoms with van der Waals surface area (Å²) in [6.45, 7) is 39.3. The average molecular weight is 680 g/mol. The summed E-state index contributed by atoms with van der Waals surface area (Å²) in [6.07, 6.45) is 8.12. The van der Waals surface area contributed by atoms with Gasteiger partial charge in [-0.2, -0.15) is 0 Å². The molecule has 6 heteroatoms. The van der Waals surface area contributed by atoms with Crippen molar-refractivity contribution in [2.75, 3.05) is 36.0 Å². The number of halogens is 1. The van der Waals surface area contributed by atoms with E-state index in [-0.39, 0.29) is 16.5 Å². The summed E-state index contributed by atoms with van der Waals surface area (Å²) < 4.78 is 13.0. The highest BCUT2D eigenvalue weighted by Gasteiger charge is 2.19. The highest BCUT2D eigenvalue weighted by Crippen LogP contribution is 2.34. The van der Waals surface area contributed by atoms with Gasteiger partial charge in [0.1, 0.15) is 5.82 Å². The van der Waals surface area contributed by atoms with E-state index in [4.69, 9.17) is 18.9 Å². The lowest BCUT2D eigenvalue weighted by atomic mass is 9.87. The first-order valence-corrected chi connectivity index (χ1v) is 18.4. The Balaban J connectivity index is 0.000000205. The number of hydrogen-bond donors (Lipinski definition) is 1. The molecule has 0 saturated carbocycles. The molecule has 0 amide bonds. The van der Waals surface area contributed by atoms with Crippen LogP contribution in [-0.4, -0.2) is 26.2 Å². The van der Waals surface area contributed by atoms with Crippen LogP contribution in [-0.2, 0) is 25.8 Å². The summed E-state index contributed by atoms with van der Waals surface area (Å²) in [6, 6.07) is 18.0. The lowest BCUT2D eigenvalue weighted by molar-refractivity contribution is 0.411. The maximum absolute atomic E-state index is 13.0. The van der Waals surface area contributed by atoms with Crippen molar-refractivity contribution in [3.63, 3.8) is 0 Å². The minimum absolute atomic E-state index is 0.117. The monoisotopic (exact) mass is 679 g/mol. The summed E-state index contributed by atoms with van der Waals surface area (Å²) in [5.41, 5.74) is 15.1. The maximum Gasteiger partial charge on any atom is 0.222 e. The van der Waals surface area contributed by atoms with Crippen LogP contribution in [0.5, 0.6) is 0 Å². The fourth-order valence-corrected chi connectivity index (χ4v) is 6.76. The first-order chi connectivity index (χ1) is 23.4. The predicted octanol–water partition coefficient (Wildman–Crippen LogP) is 11.7. The molecule has 3 aromatic carbocycles. The zero-order valence-corrected chi connectivity index (χ0v) is 32.4. The third-order valence-corrected chi connectivity index (χ3v) is 8.75. The van der Waals surface area contributed by atoms with E-state index in [1.54, 1.807) is 12.1 Å². The fraction of sp³-hybridized carbons (Fsp3) is 0.545. The largest absolute Gasteiger partial charge is 0.380 e. The summed E-state index contributed by atoms with van der Waals surface area (Å²) >= 11 is 0. The van der Waals surface area contributed by atoms with Crippen LogP contribution in [0.15, 0.2) is 54.6 Å². The molecular weight excluding hydrogens is 618 g/mol. The molecule has 2 aliphatic rings. The molecule has 0 unspecified atom stereocenters. The molecule has 0 spiro atoms. The minimum Gasteiger partial charge on any atom is -0.380 e. The van der Waals surface area contributed by atoms with Crippen molar-refractivity contribution in [2.24, 2.45) is 22.0 Å². The van der Waals surface area contributed by atoms with Crippen molar-refractivity contribution in [2.45, 2.75) is 114 Å². The Morgan fingerprint density at radius 1 is 0.580 bits per heavy atom. The van der Waals surface area contributed by atoms with Gasteiger partial charge in [-0.1, -0.05) is 110 Å². The summed E-state index contributed by atoms with van der Waals surface area (Å²) in [5, 5.41) is 0. The number of nitrogens with two attached hydrogens (primary N) is 1. The number of nitrogens with zero attached hydrogens (tertiary/aromatic N) is 4. The van der Waals surface area contributed by atoms with Crippen LogP contribution < -0.4 is 15.5 Å². The first kappa shape index (κ1) is 40.6. The predicted molar refractivity (Wildman–Crippen MR) is 212 cm³/mol. The summed E-state index contributed by atoms with van der Waals surface area (Å²) in [7, 11) is 0. The molecule has 2 N–H and O–H groups in total. The molecule has 0 bridgehead atoms. The molecular formula is C44H62FN5. The molecule has 0 radical (unpaired) electrons. The molecule has 5 nitrogen and oxygen atoms in total. The molecule has 50 heavy (non-hydrogen) atoms. The van der Waals surface area contributed by atoms with Crippen LogP contribution in [0.25, 0.3) is 9.69 Å². The molecule has 0 aliphatic carbocycles. The molecule has 0 aromatic heterocycles. The van der Waals surface area contributed by atoms with Gasteiger partial charge in [0.15, 0.2) is 0 Å². The molecule has 2 aliphatic heterocycles. The maximum atomic E-state index is 13.0. The van der Waals surface area contributed by atoms with Crippen LogP contribution in [0, 0.1) is 35.2 Å². The van der Waals surface area contributed by atoms with Crippen molar-refractivity contribution in [1.82, 2.24) is 0 Å². The SMILES string of the molecule is CC(C)(C)Cc1ccc(N2CCCC2)c(CN)c1.[C-]#[N+]c1cc(CC(C)(C)C)ccc1F.[C-]#[N+]c1cc(CC(C)(C)C)ccc1N1CCCC1. The van der Waals surface area contributed by atoms with Crippen molar-refractivity contribution in [1.29, 1.82) is 0 Å². The molecule has 3 aromatic rings. The van der Waals surface area contributed by atoms with Gasteiger partial charge in [0.25, 0.3) is 0 Å². The van der Waals surface area contributed by atoms with E-state index in [1.807, 2.05) is 0 Å². The second kappa shape index (κ2) is 17.9. The Morgan fingerprint density at radius 3 is 1.38 bits per heavy atom. The zero-order chi connectivity index (χ0) is 37.1. The molecule has 2 heterocycles. The fourth-order valence-electron chi connectivity index (χ4n) is 6.76. The average Bonchev–Trinajstić information content (AvgIpc) is 3.76. The normalized spacial score (nSPS) is 14.7. The Hall–Kier alpha value is -3.87. The Morgan fingerprint density at radius 2 is 0.960 bits per heavy atom. The molecule has 270 valence electrons. The Labute approximate surface area is 303 Å². The second-order valence-corrected chi connectivity index (χ2v) is 17.6. The molecule has 2 fully saturated rings. The van der Waals surface area contributed by atoms with Crippen molar-refractivity contribution in [3.8, 4) is 0 Å². The van der Waals surface area contributed by atoms with Crippen LogP contribution in [0.2, 0.25) is 0 Å². The number of rotatable bonds is 6. The van der Waals surface area contributed by atoms with E-state index in [1.165, 1.54) is 67.2 Å². The van der Waals surface area contributed by atoms with E-state index < -0.39 is 5.82 Å². The molecule has 5 rings (SSSR count). The summed E-state index contributed by atoms with van der Waals surface area (Å²) in [4.78, 5) is 11.7. The van der Waals surface area contributed by atoms with Gasteiger partial charge in [-0.15, -0.1) is 0 Å². The lowest BCUT2D eigenvalue weighted by Gasteiger charge is -2.23. The third kappa shape index (κ3) is 13.4. The first-order valence-electron chi connectivity index (χ1n) is 18.4. The number of anilines is 2. The van der Waals surface area contributed by atoms with E-state index >= 15 is 0 Å². The third-order valence-electron chi connectivity index (χ3n) is 8.75. The van der Waals surface area contributed by atoms with Gasteiger partial charge >= 0.3 is 0 Å². The van der Waals surface area contributed by atoms with E-state index in [0.717, 1.165) is 49.3 Å². The van der Waals surface area contributed by atoms with Gasteiger partial charge in [-0.05, 0) is 90.5 Å². The van der Waals surface area contributed by atoms with Gasteiger partial charge in [0, 0.05) is 44.1 Å². The van der Waals surface area contributed by atoms with E-state index in [2.05, 4.69) is 118 Å². The number of benzene rings is 3. The van der Waals surface area contributed by atoms with Gasteiger partial charge in [0.05, 0.1) is 13.1 Å². The van der Waals surface area contributed by atoms with Gasteiger partial charge in [-0.25, -0.2) is 14.1 Å². The topological polar surface area (TPSA) is 41.2 Å². The minimum atomic E-state index is -0.433. The highest BCUT2D eigenvalue weighted by molar-refractivity contribution is 5.72. The van der Waals surface area contributed by atoms with Crippen molar-refractivity contribution < 1.29 is 4.39 Å². The lowest BCUT2D eigenvalue weighted by Crippen LogP contribution is -2.20. The summed E-state index contributed by atoms with van der Waals surface area (Å²) in [5.74, 6) is -0.433. The van der Waals surface area contributed by atoms with E-state index in [9.17, 15) is 4.39 Å². The van der Waals surface area contributed by atoms with Gasteiger partial charge < -0.3 is 15.5 Å². The Kier molecular flexibility index (Phi) is 14.5. The zero-order valence-electron chi connectivity index (χ0n) is 32.4.